The largest absolute Gasteiger partial charge is 0.486 e. The van der Waals surface area contributed by atoms with Crippen LogP contribution >= 0.6 is 11.3 Å². The fraction of sp³-hybridized carbons (Fsp3) is 0.609. The number of nitrogens with one attached hydrogen (secondary N) is 2. The van der Waals surface area contributed by atoms with Crippen LogP contribution < -0.4 is 10.6 Å². The van der Waals surface area contributed by atoms with Gasteiger partial charge in [-0.3, -0.25) is 9.59 Å². The van der Waals surface area contributed by atoms with Crippen LogP contribution in [0.4, 0.5) is 5.13 Å². The third kappa shape index (κ3) is 6.80. The minimum Gasteiger partial charge on any atom is -0.486 e. The van der Waals surface area contributed by atoms with E-state index < -0.39 is 0 Å². The number of hydrogen-bond acceptors (Lipinski definition) is 7. The molecule has 2 saturated heterocycles. The molecule has 1 aliphatic carbocycles. The minimum absolute atomic E-state index is 0.00758. The van der Waals surface area contributed by atoms with Gasteiger partial charge >= 0.3 is 0 Å². The van der Waals surface area contributed by atoms with E-state index in [4.69, 9.17) is 9.47 Å². The van der Waals surface area contributed by atoms with Crippen molar-refractivity contribution < 1.29 is 19.1 Å². The molecule has 0 bridgehead atoms. The summed E-state index contributed by atoms with van der Waals surface area (Å²) in [6, 6.07) is 0.0751. The number of allylic oxidation sites excluding steroid dienone is 2. The Labute approximate surface area is 193 Å². The number of aromatic nitrogens is 1. The summed E-state index contributed by atoms with van der Waals surface area (Å²) < 4.78 is 11.4. The molecule has 2 amide bonds. The van der Waals surface area contributed by atoms with E-state index in [1.165, 1.54) is 24.2 Å². The van der Waals surface area contributed by atoms with Gasteiger partial charge in [0, 0.05) is 37.0 Å². The van der Waals surface area contributed by atoms with Gasteiger partial charge in [0.2, 0.25) is 11.8 Å². The predicted molar refractivity (Wildman–Crippen MR) is 123 cm³/mol. The van der Waals surface area contributed by atoms with Crippen molar-refractivity contribution in [2.75, 3.05) is 38.2 Å². The van der Waals surface area contributed by atoms with Gasteiger partial charge in [-0.2, -0.15) is 0 Å². The summed E-state index contributed by atoms with van der Waals surface area (Å²) in [6.07, 6.45) is 11.3. The van der Waals surface area contributed by atoms with E-state index in [0.29, 0.717) is 43.5 Å². The van der Waals surface area contributed by atoms with Gasteiger partial charge in [0.25, 0.3) is 0 Å². The van der Waals surface area contributed by atoms with Crippen molar-refractivity contribution in [3.05, 3.63) is 35.2 Å². The van der Waals surface area contributed by atoms with Crippen LogP contribution in [-0.2, 0) is 19.1 Å². The lowest BCUT2D eigenvalue weighted by atomic mass is 9.91. The molecule has 1 aromatic heterocycles. The van der Waals surface area contributed by atoms with E-state index in [-0.39, 0.29) is 17.9 Å². The van der Waals surface area contributed by atoms with Gasteiger partial charge in [0.05, 0.1) is 0 Å². The Morgan fingerprint density at radius 2 is 1.94 bits per heavy atom. The number of carbonyl (C=O) groups is 2. The zero-order chi connectivity index (χ0) is 22.2. The maximum atomic E-state index is 12.7. The number of amides is 2. The zero-order valence-corrected chi connectivity index (χ0v) is 19.2. The first-order valence-electron chi connectivity index (χ1n) is 11.5. The Hall–Kier alpha value is -2.39. The highest BCUT2D eigenvalue weighted by molar-refractivity contribution is 7.13. The molecular formula is C23H32N4O4S. The molecule has 8 nitrogen and oxygen atoms in total. The molecule has 2 atom stereocenters. The van der Waals surface area contributed by atoms with Gasteiger partial charge in [0.15, 0.2) is 16.6 Å². The minimum atomic E-state index is -0.104. The quantitative estimate of drug-likeness (QED) is 0.558. The van der Waals surface area contributed by atoms with Gasteiger partial charge in [-0.25, -0.2) is 4.98 Å². The van der Waals surface area contributed by atoms with Crippen LogP contribution in [0.25, 0.3) is 0 Å². The Kier molecular flexibility index (Phi) is 8.17. The molecule has 0 saturated carbocycles. The smallest absolute Gasteiger partial charge is 0.226 e. The first kappa shape index (κ1) is 22.8. The van der Waals surface area contributed by atoms with E-state index >= 15 is 0 Å². The normalized spacial score (nSPS) is 21.4. The lowest BCUT2D eigenvalue weighted by Gasteiger charge is -2.30. The molecule has 4 rings (SSSR count). The molecule has 2 fully saturated rings. The molecule has 9 heteroatoms. The molecule has 1 aromatic rings. The van der Waals surface area contributed by atoms with E-state index in [9.17, 15) is 9.59 Å². The fourth-order valence-electron chi connectivity index (χ4n) is 4.44. The topological polar surface area (TPSA) is 92.8 Å². The highest BCUT2D eigenvalue weighted by atomic mass is 32.1. The van der Waals surface area contributed by atoms with Crippen LogP contribution in [0.5, 0.6) is 0 Å². The molecule has 0 aromatic carbocycles. The van der Waals surface area contributed by atoms with Gasteiger partial charge in [-0.05, 0) is 63.3 Å². The van der Waals surface area contributed by atoms with Crippen LogP contribution in [-0.4, -0.2) is 60.6 Å². The summed E-state index contributed by atoms with van der Waals surface area (Å²) in [5.41, 5.74) is 0. The second-order valence-corrected chi connectivity index (χ2v) is 9.43. The summed E-state index contributed by atoms with van der Waals surface area (Å²) in [5, 5.41) is 8.40. The molecule has 3 heterocycles. The van der Waals surface area contributed by atoms with E-state index in [1.807, 2.05) is 5.38 Å². The van der Waals surface area contributed by atoms with Crippen molar-refractivity contribution in [2.45, 2.75) is 51.0 Å². The highest BCUT2D eigenvalue weighted by Crippen LogP contribution is 2.30. The summed E-state index contributed by atoms with van der Waals surface area (Å²) in [6.45, 7) is 4.24. The summed E-state index contributed by atoms with van der Waals surface area (Å²) in [7, 11) is 0. The number of likely N-dealkylation sites (tertiary alicyclic amines) is 1. The van der Waals surface area contributed by atoms with Crippen molar-refractivity contribution in [3.63, 3.8) is 0 Å². The standard InChI is InChI=1S/C23H32N4O4S/c28-21(4-3-5-22(29)26-23-24-8-13-32-23)25-18(16-27-9-1-2-10-27)14-17-6-7-19-20(15-17)31-12-11-30-19/h7-8,13,15,17-18H,1-6,9-12,14,16H2,(H,25,28)(H,24,26,29). The molecule has 32 heavy (non-hydrogen) atoms. The molecule has 2 N–H and O–H groups in total. The Morgan fingerprint density at radius 3 is 2.72 bits per heavy atom. The number of hydrogen-bond donors (Lipinski definition) is 2. The molecule has 174 valence electrons. The summed E-state index contributed by atoms with van der Waals surface area (Å²) in [5.74, 6) is 1.90. The number of rotatable bonds is 10. The lowest BCUT2D eigenvalue weighted by Crippen LogP contribution is -2.44. The van der Waals surface area contributed by atoms with Gasteiger partial charge in [0.1, 0.15) is 13.2 Å². The third-order valence-electron chi connectivity index (χ3n) is 5.95. The number of carbonyl (C=O) groups excluding carboxylic acids is 2. The van der Waals surface area contributed by atoms with Crippen LogP contribution in [0.2, 0.25) is 0 Å². The number of fused-ring (bicyclic) bond motifs is 1. The maximum absolute atomic E-state index is 12.7. The Morgan fingerprint density at radius 1 is 1.16 bits per heavy atom. The van der Waals surface area contributed by atoms with Crippen molar-refractivity contribution in [1.82, 2.24) is 15.2 Å². The Bertz CT molecular complexity index is 833. The third-order valence-corrected chi connectivity index (χ3v) is 6.64. The number of thiazole rings is 1. The van der Waals surface area contributed by atoms with Crippen LogP contribution in [0, 0.1) is 5.92 Å². The average molecular weight is 461 g/mol. The molecule has 2 unspecified atom stereocenters. The summed E-state index contributed by atoms with van der Waals surface area (Å²) >= 11 is 1.39. The number of anilines is 1. The van der Waals surface area contributed by atoms with Gasteiger partial charge in [-0.15, -0.1) is 11.3 Å². The van der Waals surface area contributed by atoms with Crippen molar-refractivity contribution >= 4 is 28.3 Å². The molecule has 2 aliphatic heterocycles. The van der Waals surface area contributed by atoms with Crippen molar-refractivity contribution in [3.8, 4) is 0 Å². The fourth-order valence-corrected chi connectivity index (χ4v) is 4.98. The average Bonchev–Trinajstić information content (AvgIpc) is 3.48. The first-order valence-corrected chi connectivity index (χ1v) is 12.4. The van der Waals surface area contributed by atoms with Gasteiger partial charge in [-0.1, -0.05) is 0 Å². The van der Waals surface area contributed by atoms with E-state index in [1.54, 1.807) is 6.20 Å². The number of ether oxygens (including phenoxy) is 2. The highest BCUT2D eigenvalue weighted by Gasteiger charge is 2.26. The monoisotopic (exact) mass is 460 g/mol. The second kappa shape index (κ2) is 11.5. The predicted octanol–water partition coefficient (Wildman–Crippen LogP) is 3.06. The molecular weight excluding hydrogens is 428 g/mol. The van der Waals surface area contributed by atoms with E-state index in [0.717, 1.165) is 44.0 Å². The first-order chi connectivity index (χ1) is 15.7. The zero-order valence-electron chi connectivity index (χ0n) is 18.4. The maximum Gasteiger partial charge on any atom is 0.226 e. The van der Waals surface area contributed by atoms with Crippen LogP contribution in [0.15, 0.2) is 35.2 Å². The van der Waals surface area contributed by atoms with Crippen molar-refractivity contribution in [2.24, 2.45) is 5.92 Å². The van der Waals surface area contributed by atoms with Crippen molar-refractivity contribution in [1.29, 1.82) is 0 Å². The number of nitrogens with zero attached hydrogens (tertiary/aromatic N) is 2. The van der Waals surface area contributed by atoms with Crippen LogP contribution in [0.1, 0.15) is 44.9 Å². The van der Waals surface area contributed by atoms with Gasteiger partial charge < -0.3 is 25.0 Å². The van der Waals surface area contributed by atoms with Crippen LogP contribution in [0.3, 0.4) is 0 Å². The Balaban J connectivity index is 1.25. The molecule has 0 spiro atoms. The molecule has 0 radical (unpaired) electrons. The second-order valence-electron chi connectivity index (χ2n) is 8.54. The lowest BCUT2D eigenvalue weighted by molar-refractivity contribution is -0.122. The van der Waals surface area contributed by atoms with E-state index in [2.05, 4.69) is 32.7 Å². The molecule has 3 aliphatic rings. The SMILES string of the molecule is O=C(CCCC(=O)NC(CC1C=C2OCCOC2=CC1)CN1CCCC1)Nc1nccs1. The summed E-state index contributed by atoms with van der Waals surface area (Å²) in [4.78, 5) is 31.1.